The number of nitriles is 1. The molecule has 4 rings (SSSR count). The molecule has 0 saturated carbocycles. The summed E-state index contributed by atoms with van der Waals surface area (Å²) < 4.78 is 7.22. The van der Waals surface area contributed by atoms with Gasteiger partial charge in [0.05, 0.1) is 11.3 Å². The van der Waals surface area contributed by atoms with Crippen molar-refractivity contribution in [2.24, 2.45) is 0 Å². The maximum atomic E-state index is 12.4. The second-order valence-corrected chi connectivity index (χ2v) is 8.68. The lowest BCUT2D eigenvalue weighted by molar-refractivity contribution is 0.563. The van der Waals surface area contributed by atoms with Crippen LogP contribution in [-0.4, -0.2) is 4.98 Å². The Morgan fingerprint density at radius 2 is 2.00 bits per heavy atom. The van der Waals surface area contributed by atoms with Gasteiger partial charge in [-0.05, 0) is 42.5 Å². The van der Waals surface area contributed by atoms with E-state index in [1.54, 1.807) is 23.7 Å². The molecule has 5 nitrogen and oxygen atoms in total. The molecule has 2 heterocycles. The molecule has 0 radical (unpaired) electrons. The lowest BCUT2D eigenvalue weighted by Crippen LogP contribution is -2.03. The first-order chi connectivity index (χ1) is 14.0. The largest absolute Gasteiger partial charge is 0.422 e. The fourth-order valence-electron chi connectivity index (χ4n) is 2.67. The van der Waals surface area contributed by atoms with Gasteiger partial charge in [-0.2, -0.15) is 5.26 Å². The maximum absolute atomic E-state index is 12.4. The summed E-state index contributed by atoms with van der Waals surface area (Å²) >= 11 is 8.12. The molecule has 1 N–H and O–H groups in total. The van der Waals surface area contributed by atoms with Gasteiger partial charge in [-0.3, -0.25) is 0 Å². The first kappa shape index (κ1) is 19.6. The van der Waals surface area contributed by atoms with Gasteiger partial charge in [-0.25, -0.2) is 9.78 Å². The van der Waals surface area contributed by atoms with Crippen LogP contribution < -0.4 is 10.9 Å². The van der Waals surface area contributed by atoms with Gasteiger partial charge in [0.2, 0.25) is 0 Å². The molecule has 142 valence electrons. The van der Waals surface area contributed by atoms with Crippen molar-refractivity contribution in [1.82, 2.24) is 4.98 Å². The Balaban J connectivity index is 1.67. The second kappa shape index (κ2) is 8.33. The molecule has 0 fully saturated rings. The minimum atomic E-state index is -0.466. The number of anilines is 1. The summed E-state index contributed by atoms with van der Waals surface area (Å²) in [4.78, 5) is 16.9. The van der Waals surface area contributed by atoms with Gasteiger partial charge in [0, 0.05) is 31.6 Å². The van der Waals surface area contributed by atoms with E-state index in [2.05, 4.69) is 48.2 Å². The van der Waals surface area contributed by atoms with Gasteiger partial charge in [0.1, 0.15) is 22.2 Å². The minimum absolute atomic E-state index is 0.357. The van der Waals surface area contributed by atoms with E-state index < -0.39 is 5.63 Å². The van der Waals surface area contributed by atoms with Crippen LogP contribution in [0.15, 0.2) is 78.3 Å². The van der Waals surface area contributed by atoms with Gasteiger partial charge in [0.25, 0.3) is 0 Å². The molecule has 8 heteroatoms. The zero-order valence-electron chi connectivity index (χ0n) is 14.6. The number of hydrogen-bond donors (Lipinski definition) is 1. The number of aromatic nitrogens is 1. The molecule has 29 heavy (non-hydrogen) atoms. The zero-order valence-corrected chi connectivity index (χ0v) is 18.6. The molecule has 0 aliphatic rings. The third kappa shape index (κ3) is 4.32. The van der Waals surface area contributed by atoms with Crippen LogP contribution in [0, 0.1) is 11.3 Å². The summed E-state index contributed by atoms with van der Waals surface area (Å²) in [6, 6.07) is 16.9. The normalized spacial score (nSPS) is 11.4. The summed E-state index contributed by atoms with van der Waals surface area (Å²) in [5.41, 5.74) is 2.08. The second-order valence-electron chi connectivity index (χ2n) is 5.99. The number of benzene rings is 2. The van der Waals surface area contributed by atoms with Crippen LogP contribution in [-0.2, 0) is 0 Å². The molecular formula is C21H11Br2N3O2S. The third-order valence-electron chi connectivity index (χ3n) is 4.03. The van der Waals surface area contributed by atoms with E-state index >= 15 is 0 Å². The molecule has 0 amide bonds. The van der Waals surface area contributed by atoms with Crippen LogP contribution in [0.3, 0.4) is 0 Å². The highest BCUT2D eigenvalue weighted by atomic mass is 79.9. The lowest BCUT2D eigenvalue weighted by Gasteiger charge is -2.02. The standard InChI is InChI=1S/C21H11Br2N3O2S/c22-14-2-1-3-16(8-14)25-10-13(9-24)20-26-18(11-29-20)17-7-12-6-15(23)4-5-19(12)28-21(17)27/h1-8,10-11,25H. The van der Waals surface area contributed by atoms with Crippen molar-refractivity contribution < 1.29 is 4.42 Å². The molecule has 0 aliphatic heterocycles. The Labute approximate surface area is 186 Å². The highest BCUT2D eigenvalue weighted by molar-refractivity contribution is 9.10. The van der Waals surface area contributed by atoms with Crippen LogP contribution in [0.1, 0.15) is 5.01 Å². The third-order valence-corrected chi connectivity index (χ3v) is 5.90. The fraction of sp³-hybridized carbons (Fsp3) is 0. The number of allylic oxidation sites excluding steroid dienone is 1. The average Bonchev–Trinajstić information content (AvgIpc) is 3.18. The van der Waals surface area contributed by atoms with Crippen molar-refractivity contribution in [2.45, 2.75) is 0 Å². The van der Waals surface area contributed by atoms with Crippen molar-refractivity contribution >= 4 is 65.4 Å². The van der Waals surface area contributed by atoms with Gasteiger partial charge >= 0.3 is 5.63 Å². The quantitative estimate of drug-likeness (QED) is 0.244. The van der Waals surface area contributed by atoms with Crippen LogP contribution in [0.5, 0.6) is 0 Å². The van der Waals surface area contributed by atoms with Crippen molar-refractivity contribution in [2.75, 3.05) is 5.32 Å². The molecule has 0 aliphatic carbocycles. The number of nitrogens with one attached hydrogen (secondary N) is 1. The predicted octanol–water partition coefficient (Wildman–Crippen LogP) is 6.42. The molecule has 0 spiro atoms. The van der Waals surface area contributed by atoms with E-state index in [1.165, 1.54) is 11.3 Å². The van der Waals surface area contributed by atoms with Crippen molar-refractivity contribution in [3.05, 3.63) is 84.5 Å². The average molecular weight is 529 g/mol. The summed E-state index contributed by atoms with van der Waals surface area (Å²) in [5, 5.41) is 15.7. The van der Waals surface area contributed by atoms with Crippen LogP contribution in [0.4, 0.5) is 5.69 Å². The molecular weight excluding hydrogens is 518 g/mol. The summed E-state index contributed by atoms with van der Waals surface area (Å²) in [7, 11) is 0. The number of hydrogen-bond acceptors (Lipinski definition) is 6. The summed E-state index contributed by atoms with van der Waals surface area (Å²) in [6.07, 6.45) is 1.60. The highest BCUT2D eigenvalue weighted by Gasteiger charge is 2.14. The SMILES string of the molecule is N#CC(=CNc1cccc(Br)c1)c1nc(-c2cc3cc(Br)ccc3oc2=O)cs1. The fourth-order valence-corrected chi connectivity index (χ4v) is 4.23. The first-order valence-corrected chi connectivity index (χ1v) is 10.8. The van der Waals surface area contributed by atoms with E-state index in [4.69, 9.17) is 4.42 Å². The highest BCUT2D eigenvalue weighted by Crippen LogP contribution is 2.27. The van der Waals surface area contributed by atoms with E-state index in [0.717, 1.165) is 20.0 Å². The molecule has 4 aromatic rings. The molecule has 0 atom stereocenters. The van der Waals surface area contributed by atoms with Gasteiger partial charge < -0.3 is 9.73 Å². The number of halogens is 2. The van der Waals surface area contributed by atoms with Gasteiger partial charge in [-0.15, -0.1) is 11.3 Å². The van der Waals surface area contributed by atoms with Gasteiger partial charge in [0.15, 0.2) is 0 Å². The number of rotatable bonds is 4. The Morgan fingerprint density at radius 3 is 2.79 bits per heavy atom. The molecule has 0 saturated heterocycles. The lowest BCUT2D eigenvalue weighted by atomic mass is 10.1. The maximum Gasteiger partial charge on any atom is 0.345 e. The van der Waals surface area contributed by atoms with Crippen molar-refractivity contribution in [3.63, 3.8) is 0 Å². The smallest absolute Gasteiger partial charge is 0.345 e. The van der Waals surface area contributed by atoms with Crippen LogP contribution in [0.2, 0.25) is 0 Å². The molecule has 2 aromatic heterocycles. The Morgan fingerprint density at radius 1 is 1.17 bits per heavy atom. The number of fused-ring (bicyclic) bond motifs is 1. The molecule has 2 aromatic carbocycles. The molecule has 0 bridgehead atoms. The van der Waals surface area contributed by atoms with E-state index in [0.29, 0.717) is 27.4 Å². The van der Waals surface area contributed by atoms with Gasteiger partial charge in [-0.1, -0.05) is 37.9 Å². The van der Waals surface area contributed by atoms with Crippen LogP contribution in [0.25, 0.3) is 27.8 Å². The first-order valence-electron chi connectivity index (χ1n) is 8.35. The monoisotopic (exact) mass is 527 g/mol. The Bertz CT molecular complexity index is 1350. The van der Waals surface area contributed by atoms with E-state index in [-0.39, 0.29) is 0 Å². The zero-order chi connectivity index (χ0) is 20.4. The predicted molar refractivity (Wildman–Crippen MR) is 123 cm³/mol. The summed E-state index contributed by atoms with van der Waals surface area (Å²) in [5.74, 6) is 0. The summed E-state index contributed by atoms with van der Waals surface area (Å²) in [6.45, 7) is 0. The number of nitrogens with zero attached hydrogens (tertiary/aromatic N) is 2. The van der Waals surface area contributed by atoms with E-state index in [9.17, 15) is 10.1 Å². The minimum Gasteiger partial charge on any atom is -0.422 e. The molecule has 0 unspecified atom stereocenters. The van der Waals surface area contributed by atoms with Crippen molar-refractivity contribution in [1.29, 1.82) is 5.26 Å². The Kier molecular flexibility index (Phi) is 5.62. The van der Waals surface area contributed by atoms with E-state index in [1.807, 2.05) is 36.4 Å². The topological polar surface area (TPSA) is 78.9 Å². The van der Waals surface area contributed by atoms with Crippen LogP contribution >= 0.6 is 43.2 Å². The van der Waals surface area contributed by atoms with Crippen molar-refractivity contribution in [3.8, 4) is 17.3 Å². The number of thiazole rings is 1. The Hall–Kier alpha value is -2.73.